The zero-order valence-electron chi connectivity index (χ0n) is 12.5. The van der Waals surface area contributed by atoms with Gasteiger partial charge in [0.25, 0.3) is 0 Å². The van der Waals surface area contributed by atoms with Gasteiger partial charge >= 0.3 is 0 Å². The Morgan fingerprint density at radius 2 is 2.14 bits per heavy atom. The Labute approximate surface area is 134 Å². The molecule has 1 heterocycles. The van der Waals surface area contributed by atoms with Gasteiger partial charge in [-0.3, -0.25) is 0 Å². The standard InChI is InChI=1S/C16H20ClFN2S/c1-4-8-19-14(16-10(2)20-11(3)21-16)9-12-6-5-7-13(17)15(12)18/h5-7,14,19H,4,8-9H2,1-3H3. The topological polar surface area (TPSA) is 24.9 Å². The fourth-order valence-electron chi connectivity index (χ4n) is 2.37. The van der Waals surface area contributed by atoms with Crippen LogP contribution in [0, 0.1) is 19.7 Å². The van der Waals surface area contributed by atoms with Crippen molar-refractivity contribution in [3.05, 3.63) is 50.2 Å². The molecule has 114 valence electrons. The molecule has 0 spiro atoms. The van der Waals surface area contributed by atoms with E-state index in [1.165, 1.54) is 4.88 Å². The van der Waals surface area contributed by atoms with Gasteiger partial charge < -0.3 is 5.32 Å². The van der Waals surface area contributed by atoms with Crippen molar-refractivity contribution in [3.8, 4) is 0 Å². The summed E-state index contributed by atoms with van der Waals surface area (Å²) in [6.45, 7) is 7.02. The highest BCUT2D eigenvalue weighted by atomic mass is 35.5. The second kappa shape index (κ2) is 7.34. The number of aromatic nitrogens is 1. The van der Waals surface area contributed by atoms with E-state index in [0.29, 0.717) is 12.0 Å². The minimum absolute atomic E-state index is 0.0733. The highest BCUT2D eigenvalue weighted by Crippen LogP contribution is 2.29. The van der Waals surface area contributed by atoms with Crippen LogP contribution in [0.2, 0.25) is 5.02 Å². The molecule has 2 nitrogen and oxygen atoms in total. The lowest BCUT2D eigenvalue weighted by molar-refractivity contribution is 0.517. The molecule has 0 aliphatic rings. The summed E-state index contributed by atoms with van der Waals surface area (Å²) in [5.41, 5.74) is 1.66. The van der Waals surface area contributed by atoms with E-state index >= 15 is 0 Å². The predicted octanol–water partition coefficient (Wildman–Crippen LogP) is 4.84. The molecule has 0 amide bonds. The maximum absolute atomic E-state index is 14.1. The van der Waals surface area contributed by atoms with Crippen molar-refractivity contribution in [2.45, 2.75) is 39.7 Å². The molecule has 1 atom stereocenters. The summed E-state index contributed by atoms with van der Waals surface area (Å²) >= 11 is 7.55. The van der Waals surface area contributed by atoms with E-state index in [9.17, 15) is 4.39 Å². The maximum Gasteiger partial charge on any atom is 0.145 e. The molecule has 2 rings (SSSR count). The van der Waals surface area contributed by atoms with Crippen molar-refractivity contribution in [1.82, 2.24) is 10.3 Å². The van der Waals surface area contributed by atoms with E-state index in [4.69, 9.17) is 11.6 Å². The molecule has 2 aromatic rings. The monoisotopic (exact) mass is 326 g/mol. The van der Waals surface area contributed by atoms with E-state index in [1.54, 1.807) is 29.5 Å². The van der Waals surface area contributed by atoms with Gasteiger partial charge in [-0.25, -0.2) is 9.37 Å². The molecule has 0 aliphatic heterocycles. The zero-order valence-corrected chi connectivity index (χ0v) is 14.1. The van der Waals surface area contributed by atoms with Crippen molar-refractivity contribution >= 4 is 22.9 Å². The zero-order chi connectivity index (χ0) is 15.4. The maximum atomic E-state index is 14.1. The number of benzene rings is 1. The van der Waals surface area contributed by atoms with Crippen LogP contribution in [0.1, 0.15) is 40.5 Å². The summed E-state index contributed by atoms with van der Waals surface area (Å²) in [6.07, 6.45) is 1.61. The Bertz CT molecular complexity index is 612. The average molecular weight is 327 g/mol. The molecule has 0 radical (unpaired) electrons. The third-order valence-electron chi connectivity index (χ3n) is 3.35. The molecular formula is C16H20ClFN2S. The van der Waals surface area contributed by atoms with Gasteiger partial charge in [-0.1, -0.05) is 30.7 Å². The molecule has 1 N–H and O–H groups in total. The van der Waals surface area contributed by atoms with Crippen molar-refractivity contribution < 1.29 is 4.39 Å². The first-order chi connectivity index (χ1) is 10.0. The van der Waals surface area contributed by atoms with Crippen LogP contribution in [0.15, 0.2) is 18.2 Å². The largest absolute Gasteiger partial charge is 0.309 e. The van der Waals surface area contributed by atoms with E-state index in [2.05, 4.69) is 17.2 Å². The van der Waals surface area contributed by atoms with Crippen LogP contribution in [-0.4, -0.2) is 11.5 Å². The predicted molar refractivity (Wildman–Crippen MR) is 87.7 cm³/mol. The van der Waals surface area contributed by atoms with E-state index in [0.717, 1.165) is 23.7 Å². The van der Waals surface area contributed by atoms with Crippen LogP contribution in [0.4, 0.5) is 4.39 Å². The van der Waals surface area contributed by atoms with E-state index in [1.807, 2.05) is 13.8 Å². The summed E-state index contributed by atoms with van der Waals surface area (Å²) in [5, 5.41) is 4.71. The number of hydrogen-bond donors (Lipinski definition) is 1. The van der Waals surface area contributed by atoms with Crippen LogP contribution in [0.25, 0.3) is 0 Å². The minimum Gasteiger partial charge on any atom is -0.309 e. The Morgan fingerprint density at radius 3 is 2.76 bits per heavy atom. The normalized spacial score (nSPS) is 12.6. The fraction of sp³-hybridized carbons (Fsp3) is 0.438. The summed E-state index contributed by atoms with van der Waals surface area (Å²) in [4.78, 5) is 5.66. The number of halogens is 2. The number of nitrogens with zero attached hydrogens (tertiary/aromatic N) is 1. The fourth-order valence-corrected chi connectivity index (χ4v) is 3.57. The first kappa shape index (κ1) is 16.4. The Hall–Kier alpha value is -0.970. The molecule has 1 aromatic heterocycles. The summed E-state index contributed by atoms with van der Waals surface area (Å²) in [6, 6.07) is 5.24. The van der Waals surface area contributed by atoms with Crippen LogP contribution >= 0.6 is 22.9 Å². The first-order valence-electron chi connectivity index (χ1n) is 7.13. The van der Waals surface area contributed by atoms with E-state index < -0.39 is 0 Å². The molecule has 0 saturated heterocycles. The van der Waals surface area contributed by atoms with Crippen LogP contribution in [0.3, 0.4) is 0 Å². The minimum atomic E-state index is -0.318. The van der Waals surface area contributed by atoms with Gasteiger partial charge in [-0.15, -0.1) is 11.3 Å². The van der Waals surface area contributed by atoms with Crippen LogP contribution in [0.5, 0.6) is 0 Å². The van der Waals surface area contributed by atoms with Gasteiger partial charge in [0.05, 0.1) is 15.7 Å². The average Bonchev–Trinajstić information content (AvgIpc) is 2.78. The molecule has 5 heteroatoms. The van der Waals surface area contributed by atoms with Crippen LogP contribution in [-0.2, 0) is 6.42 Å². The van der Waals surface area contributed by atoms with Crippen LogP contribution < -0.4 is 5.32 Å². The van der Waals surface area contributed by atoms with Gasteiger partial charge in [0, 0.05) is 10.9 Å². The lowest BCUT2D eigenvalue weighted by atomic mass is 10.0. The highest BCUT2D eigenvalue weighted by Gasteiger charge is 2.19. The highest BCUT2D eigenvalue weighted by molar-refractivity contribution is 7.11. The first-order valence-corrected chi connectivity index (χ1v) is 8.32. The van der Waals surface area contributed by atoms with Gasteiger partial charge in [0.2, 0.25) is 0 Å². The molecule has 1 unspecified atom stereocenters. The molecule has 0 bridgehead atoms. The Balaban J connectivity index is 2.28. The van der Waals surface area contributed by atoms with Gasteiger partial charge in [0.15, 0.2) is 0 Å². The number of aryl methyl sites for hydroxylation is 2. The SMILES string of the molecule is CCCNC(Cc1cccc(Cl)c1F)c1sc(C)nc1C. The molecule has 21 heavy (non-hydrogen) atoms. The third-order valence-corrected chi connectivity index (χ3v) is 4.83. The van der Waals surface area contributed by atoms with E-state index in [-0.39, 0.29) is 16.9 Å². The quantitative estimate of drug-likeness (QED) is 0.822. The lowest BCUT2D eigenvalue weighted by Crippen LogP contribution is -2.24. The summed E-state index contributed by atoms with van der Waals surface area (Å²) in [7, 11) is 0. The number of rotatable bonds is 6. The third kappa shape index (κ3) is 4.02. The van der Waals surface area contributed by atoms with Gasteiger partial charge in [-0.2, -0.15) is 0 Å². The Kier molecular flexibility index (Phi) is 5.73. The van der Waals surface area contributed by atoms with Gasteiger partial charge in [0.1, 0.15) is 5.82 Å². The number of thiazole rings is 1. The van der Waals surface area contributed by atoms with Crippen molar-refractivity contribution in [2.24, 2.45) is 0 Å². The number of hydrogen-bond acceptors (Lipinski definition) is 3. The molecule has 0 fully saturated rings. The number of nitrogens with one attached hydrogen (secondary N) is 1. The molecule has 1 aromatic carbocycles. The Morgan fingerprint density at radius 1 is 1.38 bits per heavy atom. The molecule has 0 aliphatic carbocycles. The van der Waals surface area contributed by atoms with Crippen molar-refractivity contribution in [2.75, 3.05) is 6.54 Å². The van der Waals surface area contributed by atoms with Gasteiger partial charge in [-0.05, 0) is 44.9 Å². The lowest BCUT2D eigenvalue weighted by Gasteiger charge is -2.18. The molecular weight excluding hydrogens is 307 g/mol. The summed E-state index contributed by atoms with van der Waals surface area (Å²) in [5.74, 6) is -0.318. The second-order valence-electron chi connectivity index (χ2n) is 5.11. The van der Waals surface area contributed by atoms with Crippen molar-refractivity contribution in [3.63, 3.8) is 0 Å². The molecule has 0 saturated carbocycles. The second-order valence-corrected chi connectivity index (χ2v) is 6.75. The summed E-state index contributed by atoms with van der Waals surface area (Å²) < 4.78 is 14.1. The van der Waals surface area contributed by atoms with Crippen molar-refractivity contribution in [1.29, 1.82) is 0 Å². The smallest absolute Gasteiger partial charge is 0.145 e.